The third-order valence-corrected chi connectivity index (χ3v) is 6.15. The molecule has 0 amide bonds. The summed E-state index contributed by atoms with van der Waals surface area (Å²) < 4.78 is 28.6. The molecule has 0 saturated carbocycles. The van der Waals surface area contributed by atoms with E-state index in [1.54, 1.807) is 25.6 Å². The molecule has 2 rings (SSSR count). The Balaban J connectivity index is 0.00000200. The number of sulfonamides is 1. The first-order valence-corrected chi connectivity index (χ1v) is 7.86. The van der Waals surface area contributed by atoms with Crippen molar-refractivity contribution in [3.63, 3.8) is 0 Å². The number of aromatic nitrogens is 2. The van der Waals surface area contributed by atoms with Crippen LogP contribution in [-0.2, 0) is 17.1 Å². The van der Waals surface area contributed by atoms with Crippen LogP contribution < -0.4 is 5.73 Å². The third kappa shape index (κ3) is 2.72. The highest BCUT2D eigenvalue weighted by Crippen LogP contribution is 2.33. The number of hydrogen-bond acceptors (Lipinski definition) is 4. The van der Waals surface area contributed by atoms with Gasteiger partial charge >= 0.3 is 0 Å². The molecule has 1 atom stereocenters. The predicted molar refractivity (Wildman–Crippen MR) is 80.5 cm³/mol. The Kier molecular flexibility index (Phi) is 4.91. The number of nitrogens with two attached hydrogens (primary N) is 1. The fraction of sp³-hybridized carbons (Fsp3) is 0.750. The molecule has 1 aromatic heterocycles. The SMILES string of the molecule is Cc1nn(C)c(C)c1S(=O)(=O)N1CCC(C)(CN)C1.Cl. The van der Waals surface area contributed by atoms with Crippen LogP contribution in [-0.4, -0.2) is 42.1 Å². The minimum atomic E-state index is -3.47. The summed E-state index contributed by atoms with van der Waals surface area (Å²) in [6, 6.07) is 0. The maximum absolute atomic E-state index is 12.7. The average molecular weight is 323 g/mol. The van der Waals surface area contributed by atoms with Gasteiger partial charge in [-0.2, -0.15) is 9.40 Å². The fourth-order valence-corrected chi connectivity index (χ4v) is 4.60. The van der Waals surface area contributed by atoms with Crippen molar-refractivity contribution in [2.24, 2.45) is 18.2 Å². The molecule has 2 N–H and O–H groups in total. The van der Waals surface area contributed by atoms with Crippen LogP contribution in [0.3, 0.4) is 0 Å². The normalized spacial score (nSPS) is 23.9. The van der Waals surface area contributed by atoms with Crippen LogP contribution in [0.2, 0.25) is 0 Å². The average Bonchev–Trinajstić information content (AvgIpc) is 2.83. The van der Waals surface area contributed by atoms with Gasteiger partial charge in [0.15, 0.2) is 0 Å². The second kappa shape index (κ2) is 5.63. The van der Waals surface area contributed by atoms with Crippen LogP contribution >= 0.6 is 12.4 Å². The van der Waals surface area contributed by atoms with Crippen molar-refractivity contribution in [1.29, 1.82) is 0 Å². The molecule has 8 heteroatoms. The van der Waals surface area contributed by atoms with Gasteiger partial charge in [0, 0.05) is 20.1 Å². The van der Waals surface area contributed by atoms with Crippen molar-refractivity contribution >= 4 is 22.4 Å². The van der Waals surface area contributed by atoms with Gasteiger partial charge in [0.1, 0.15) is 4.90 Å². The molecule has 0 aromatic carbocycles. The molecule has 116 valence electrons. The number of aryl methyl sites for hydroxylation is 2. The van der Waals surface area contributed by atoms with E-state index in [1.807, 2.05) is 6.92 Å². The first-order valence-electron chi connectivity index (χ1n) is 6.42. The van der Waals surface area contributed by atoms with Gasteiger partial charge < -0.3 is 5.73 Å². The number of nitrogens with zero attached hydrogens (tertiary/aromatic N) is 3. The molecule has 1 unspecified atom stereocenters. The van der Waals surface area contributed by atoms with Gasteiger partial charge in [-0.15, -0.1) is 12.4 Å². The predicted octanol–water partition coefficient (Wildman–Crippen LogP) is 0.818. The lowest BCUT2D eigenvalue weighted by Crippen LogP contribution is -2.34. The molecule has 2 heterocycles. The van der Waals surface area contributed by atoms with Crippen LogP contribution in [0, 0.1) is 19.3 Å². The maximum atomic E-state index is 12.7. The first kappa shape index (κ1) is 17.4. The molecular formula is C12H23ClN4O2S. The van der Waals surface area contributed by atoms with Crippen molar-refractivity contribution in [2.75, 3.05) is 19.6 Å². The lowest BCUT2D eigenvalue weighted by molar-refractivity contribution is 0.349. The van der Waals surface area contributed by atoms with Gasteiger partial charge in [-0.25, -0.2) is 8.42 Å². The molecule has 1 aliphatic rings. The summed E-state index contributed by atoms with van der Waals surface area (Å²) in [6.45, 7) is 7.07. The summed E-state index contributed by atoms with van der Waals surface area (Å²) >= 11 is 0. The highest BCUT2D eigenvalue weighted by atomic mass is 35.5. The van der Waals surface area contributed by atoms with Crippen molar-refractivity contribution in [2.45, 2.75) is 32.1 Å². The largest absolute Gasteiger partial charge is 0.330 e. The summed E-state index contributed by atoms with van der Waals surface area (Å²) in [7, 11) is -1.71. The van der Waals surface area contributed by atoms with E-state index in [0.29, 0.717) is 35.9 Å². The summed E-state index contributed by atoms with van der Waals surface area (Å²) in [5.74, 6) is 0. The van der Waals surface area contributed by atoms with E-state index < -0.39 is 10.0 Å². The Morgan fingerprint density at radius 2 is 2.00 bits per heavy atom. The second-order valence-electron chi connectivity index (χ2n) is 5.73. The van der Waals surface area contributed by atoms with Crippen molar-refractivity contribution < 1.29 is 8.42 Å². The summed E-state index contributed by atoms with van der Waals surface area (Å²) in [4.78, 5) is 0.344. The number of hydrogen-bond donors (Lipinski definition) is 1. The topological polar surface area (TPSA) is 81.2 Å². The minimum Gasteiger partial charge on any atom is -0.330 e. The van der Waals surface area contributed by atoms with Crippen LogP contribution in [0.15, 0.2) is 4.90 Å². The van der Waals surface area contributed by atoms with Crippen LogP contribution in [0.5, 0.6) is 0 Å². The van der Waals surface area contributed by atoms with Gasteiger partial charge in [-0.05, 0) is 32.2 Å². The van der Waals surface area contributed by atoms with Crippen molar-refractivity contribution in [1.82, 2.24) is 14.1 Å². The summed E-state index contributed by atoms with van der Waals surface area (Å²) in [5.41, 5.74) is 6.86. The Morgan fingerprint density at radius 1 is 1.40 bits per heavy atom. The molecule has 1 aromatic rings. The highest BCUT2D eigenvalue weighted by molar-refractivity contribution is 7.89. The Hall–Kier alpha value is -0.630. The van der Waals surface area contributed by atoms with E-state index >= 15 is 0 Å². The molecule has 1 fully saturated rings. The van der Waals surface area contributed by atoms with E-state index in [0.717, 1.165) is 6.42 Å². The Bertz CT molecular complexity index is 599. The number of halogens is 1. The Labute approximate surface area is 126 Å². The van der Waals surface area contributed by atoms with Gasteiger partial charge in [-0.3, -0.25) is 4.68 Å². The Morgan fingerprint density at radius 3 is 2.40 bits per heavy atom. The molecule has 1 saturated heterocycles. The van der Waals surface area contributed by atoms with E-state index in [-0.39, 0.29) is 17.8 Å². The van der Waals surface area contributed by atoms with Crippen LogP contribution in [0.1, 0.15) is 24.7 Å². The molecule has 0 spiro atoms. The molecule has 1 aliphatic heterocycles. The van der Waals surface area contributed by atoms with Gasteiger partial charge in [0.05, 0.1) is 11.4 Å². The van der Waals surface area contributed by atoms with E-state index in [1.165, 1.54) is 4.31 Å². The fourth-order valence-electron chi connectivity index (χ4n) is 2.61. The molecule has 6 nitrogen and oxygen atoms in total. The van der Waals surface area contributed by atoms with Crippen LogP contribution in [0.4, 0.5) is 0 Å². The van der Waals surface area contributed by atoms with Gasteiger partial charge in [0.25, 0.3) is 0 Å². The zero-order chi connectivity index (χ0) is 14.4. The third-order valence-electron chi connectivity index (χ3n) is 4.06. The summed E-state index contributed by atoms with van der Waals surface area (Å²) in [5, 5.41) is 4.19. The molecular weight excluding hydrogens is 300 g/mol. The van der Waals surface area contributed by atoms with Crippen LogP contribution in [0.25, 0.3) is 0 Å². The monoisotopic (exact) mass is 322 g/mol. The minimum absolute atomic E-state index is 0. The standard InChI is InChI=1S/C12H22N4O2S.ClH/c1-9-11(10(2)15(4)14-9)19(17,18)16-6-5-12(3,7-13)8-16;/h5-8,13H2,1-4H3;1H. The molecule has 0 radical (unpaired) electrons. The van der Waals surface area contributed by atoms with Crippen molar-refractivity contribution in [3.05, 3.63) is 11.4 Å². The highest BCUT2D eigenvalue weighted by Gasteiger charge is 2.40. The van der Waals surface area contributed by atoms with E-state index in [4.69, 9.17) is 5.73 Å². The molecule has 20 heavy (non-hydrogen) atoms. The van der Waals surface area contributed by atoms with E-state index in [9.17, 15) is 8.42 Å². The quantitative estimate of drug-likeness (QED) is 0.893. The first-order chi connectivity index (χ1) is 8.71. The molecule has 0 aliphatic carbocycles. The van der Waals surface area contributed by atoms with Crippen molar-refractivity contribution in [3.8, 4) is 0 Å². The maximum Gasteiger partial charge on any atom is 0.246 e. The zero-order valence-electron chi connectivity index (χ0n) is 12.4. The smallest absolute Gasteiger partial charge is 0.246 e. The van der Waals surface area contributed by atoms with Gasteiger partial charge in [-0.1, -0.05) is 6.92 Å². The lowest BCUT2D eigenvalue weighted by atomic mass is 9.90. The second-order valence-corrected chi connectivity index (χ2v) is 7.60. The number of rotatable bonds is 3. The van der Waals surface area contributed by atoms with E-state index in [2.05, 4.69) is 5.10 Å². The molecule has 0 bridgehead atoms. The zero-order valence-corrected chi connectivity index (χ0v) is 14.0. The lowest BCUT2D eigenvalue weighted by Gasteiger charge is -2.22. The summed E-state index contributed by atoms with van der Waals surface area (Å²) in [6.07, 6.45) is 0.807. The van der Waals surface area contributed by atoms with Gasteiger partial charge in [0.2, 0.25) is 10.0 Å².